The van der Waals surface area contributed by atoms with Gasteiger partial charge >= 0.3 is 0 Å². The van der Waals surface area contributed by atoms with Gasteiger partial charge in [0.1, 0.15) is 5.82 Å². The van der Waals surface area contributed by atoms with E-state index in [1.165, 1.54) is 6.07 Å². The minimum absolute atomic E-state index is 0.146. The molecule has 2 rings (SSSR count). The van der Waals surface area contributed by atoms with Crippen LogP contribution in [0.3, 0.4) is 0 Å². The van der Waals surface area contributed by atoms with Crippen LogP contribution in [-0.4, -0.2) is 25.0 Å². The second kappa shape index (κ2) is 5.96. The Labute approximate surface area is 107 Å². The lowest BCUT2D eigenvalue weighted by Gasteiger charge is -2.16. The Morgan fingerprint density at radius 2 is 2.22 bits per heavy atom. The largest absolute Gasteiger partial charge is 0.349 e. The molecule has 0 saturated carbocycles. The van der Waals surface area contributed by atoms with Crippen molar-refractivity contribution in [1.82, 2.24) is 10.6 Å². The molecule has 1 aliphatic rings. The molecule has 0 radical (unpaired) electrons. The first-order valence-corrected chi connectivity index (χ1v) is 6.45. The monoisotopic (exact) mass is 250 g/mol. The molecular formula is C14H19FN2O. The lowest BCUT2D eigenvalue weighted by molar-refractivity contribution is 0.0930. The summed E-state index contributed by atoms with van der Waals surface area (Å²) in [4.78, 5) is 12.0. The van der Waals surface area contributed by atoms with Gasteiger partial charge in [-0.3, -0.25) is 4.79 Å². The van der Waals surface area contributed by atoms with Gasteiger partial charge in [-0.15, -0.1) is 0 Å². The fourth-order valence-corrected chi connectivity index (χ4v) is 2.25. The van der Waals surface area contributed by atoms with Crippen LogP contribution in [0.1, 0.15) is 35.2 Å². The van der Waals surface area contributed by atoms with E-state index in [9.17, 15) is 9.18 Å². The number of nitrogens with one attached hydrogen (secondary N) is 2. The Kier molecular flexibility index (Phi) is 4.31. The van der Waals surface area contributed by atoms with Crippen molar-refractivity contribution in [3.63, 3.8) is 0 Å². The van der Waals surface area contributed by atoms with E-state index in [0.717, 1.165) is 32.4 Å². The van der Waals surface area contributed by atoms with Gasteiger partial charge in [0.15, 0.2) is 0 Å². The highest BCUT2D eigenvalue weighted by Gasteiger charge is 2.18. The third kappa shape index (κ3) is 3.07. The Hall–Kier alpha value is -1.42. The maximum absolute atomic E-state index is 13.8. The number of rotatable bonds is 2. The van der Waals surface area contributed by atoms with Gasteiger partial charge in [-0.2, -0.15) is 0 Å². The first kappa shape index (κ1) is 13.0. The minimum atomic E-state index is -0.415. The highest BCUT2D eigenvalue weighted by Crippen LogP contribution is 2.13. The van der Waals surface area contributed by atoms with Crippen LogP contribution in [0.4, 0.5) is 4.39 Å². The maximum atomic E-state index is 13.8. The van der Waals surface area contributed by atoms with Gasteiger partial charge in [-0.05, 0) is 50.9 Å². The van der Waals surface area contributed by atoms with Gasteiger partial charge in [0.2, 0.25) is 0 Å². The molecule has 18 heavy (non-hydrogen) atoms. The summed E-state index contributed by atoms with van der Waals surface area (Å²) in [5.74, 6) is -0.718. The molecule has 1 heterocycles. The molecule has 1 unspecified atom stereocenters. The third-order valence-electron chi connectivity index (χ3n) is 3.35. The normalized spacial score (nSPS) is 20.2. The molecule has 4 heteroatoms. The van der Waals surface area contributed by atoms with Gasteiger partial charge in [0, 0.05) is 6.04 Å². The number of hydrogen-bond acceptors (Lipinski definition) is 2. The van der Waals surface area contributed by atoms with E-state index in [4.69, 9.17) is 0 Å². The summed E-state index contributed by atoms with van der Waals surface area (Å²) in [6, 6.07) is 5.06. The van der Waals surface area contributed by atoms with Gasteiger partial charge in [0.25, 0.3) is 5.91 Å². The van der Waals surface area contributed by atoms with Crippen molar-refractivity contribution >= 4 is 5.91 Å². The summed E-state index contributed by atoms with van der Waals surface area (Å²) in [5.41, 5.74) is 0.650. The average Bonchev–Trinajstić information content (AvgIpc) is 2.61. The number of carbonyl (C=O) groups is 1. The van der Waals surface area contributed by atoms with E-state index in [0.29, 0.717) is 5.56 Å². The number of carbonyl (C=O) groups excluding carboxylic acids is 1. The summed E-state index contributed by atoms with van der Waals surface area (Å²) in [6.07, 6.45) is 2.90. The topological polar surface area (TPSA) is 41.1 Å². The van der Waals surface area contributed by atoms with Crippen molar-refractivity contribution in [2.24, 2.45) is 0 Å². The molecule has 1 aliphatic heterocycles. The lowest BCUT2D eigenvalue weighted by atomic mass is 10.1. The molecule has 2 N–H and O–H groups in total. The van der Waals surface area contributed by atoms with Crippen LogP contribution >= 0.6 is 0 Å². The van der Waals surface area contributed by atoms with Gasteiger partial charge in [-0.1, -0.05) is 12.1 Å². The van der Waals surface area contributed by atoms with Crippen LogP contribution in [-0.2, 0) is 0 Å². The second-order valence-electron chi connectivity index (χ2n) is 4.79. The average molecular weight is 250 g/mol. The Balaban J connectivity index is 2.04. The van der Waals surface area contributed by atoms with Crippen molar-refractivity contribution in [3.05, 3.63) is 35.1 Å². The van der Waals surface area contributed by atoms with E-state index >= 15 is 0 Å². The van der Waals surface area contributed by atoms with Gasteiger partial charge in [0.05, 0.1) is 5.56 Å². The number of amides is 1. The molecule has 0 spiro atoms. The number of aryl methyl sites for hydroxylation is 1. The molecule has 1 saturated heterocycles. The van der Waals surface area contributed by atoms with Crippen LogP contribution in [0, 0.1) is 12.7 Å². The quantitative estimate of drug-likeness (QED) is 0.843. The Bertz CT molecular complexity index is 426. The van der Waals surface area contributed by atoms with E-state index < -0.39 is 5.82 Å². The highest BCUT2D eigenvalue weighted by atomic mass is 19.1. The van der Waals surface area contributed by atoms with Gasteiger partial charge < -0.3 is 10.6 Å². The summed E-state index contributed by atoms with van der Waals surface area (Å²) >= 11 is 0. The zero-order valence-electron chi connectivity index (χ0n) is 10.6. The van der Waals surface area contributed by atoms with Crippen molar-refractivity contribution in [1.29, 1.82) is 0 Å². The van der Waals surface area contributed by atoms with Gasteiger partial charge in [-0.25, -0.2) is 4.39 Å². The third-order valence-corrected chi connectivity index (χ3v) is 3.35. The molecule has 0 aliphatic carbocycles. The van der Waals surface area contributed by atoms with E-state index in [1.807, 2.05) is 0 Å². The zero-order chi connectivity index (χ0) is 13.0. The maximum Gasteiger partial charge on any atom is 0.254 e. The smallest absolute Gasteiger partial charge is 0.254 e. The van der Waals surface area contributed by atoms with E-state index in [-0.39, 0.29) is 17.5 Å². The predicted octanol–water partition coefficient (Wildman–Crippen LogP) is 2.01. The summed E-state index contributed by atoms with van der Waals surface area (Å²) in [5, 5.41) is 6.21. The molecule has 1 fully saturated rings. The molecule has 1 amide bonds. The van der Waals surface area contributed by atoms with Crippen molar-refractivity contribution < 1.29 is 9.18 Å². The first-order chi connectivity index (χ1) is 8.68. The molecule has 1 aromatic rings. The number of hydrogen-bond donors (Lipinski definition) is 2. The second-order valence-corrected chi connectivity index (χ2v) is 4.79. The fraction of sp³-hybridized carbons (Fsp3) is 0.500. The molecule has 1 aromatic carbocycles. The van der Waals surface area contributed by atoms with Crippen molar-refractivity contribution in [3.8, 4) is 0 Å². The zero-order valence-corrected chi connectivity index (χ0v) is 10.6. The molecule has 3 nitrogen and oxygen atoms in total. The number of benzene rings is 1. The van der Waals surface area contributed by atoms with Crippen LogP contribution in [0.15, 0.2) is 18.2 Å². The predicted molar refractivity (Wildman–Crippen MR) is 69.1 cm³/mol. The first-order valence-electron chi connectivity index (χ1n) is 6.45. The molecule has 98 valence electrons. The molecular weight excluding hydrogens is 231 g/mol. The van der Waals surface area contributed by atoms with Crippen LogP contribution in [0.5, 0.6) is 0 Å². The Morgan fingerprint density at radius 3 is 3.06 bits per heavy atom. The van der Waals surface area contributed by atoms with Crippen LogP contribution < -0.4 is 10.6 Å². The molecule has 0 bridgehead atoms. The van der Waals surface area contributed by atoms with Crippen LogP contribution in [0.25, 0.3) is 0 Å². The summed E-state index contributed by atoms with van der Waals surface area (Å²) in [7, 11) is 0. The SMILES string of the molecule is Cc1cccc(C(=O)NC2CCCNCC2)c1F. The van der Waals surface area contributed by atoms with Crippen molar-refractivity contribution in [2.75, 3.05) is 13.1 Å². The molecule has 0 aromatic heterocycles. The standard InChI is InChI=1S/C14H19FN2O/c1-10-4-2-6-12(13(10)15)14(18)17-11-5-3-8-16-9-7-11/h2,4,6,11,16H,3,5,7-9H2,1H3,(H,17,18). The minimum Gasteiger partial charge on any atom is -0.349 e. The summed E-state index contributed by atoms with van der Waals surface area (Å²) < 4.78 is 13.8. The number of halogens is 1. The fourth-order valence-electron chi connectivity index (χ4n) is 2.25. The Morgan fingerprint density at radius 1 is 1.39 bits per heavy atom. The lowest BCUT2D eigenvalue weighted by Crippen LogP contribution is -2.35. The van der Waals surface area contributed by atoms with E-state index in [2.05, 4.69) is 10.6 Å². The van der Waals surface area contributed by atoms with Crippen molar-refractivity contribution in [2.45, 2.75) is 32.2 Å². The summed E-state index contributed by atoms with van der Waals surface area (Å²) in [6.45, 7) is 3.56. The highest BCUT2D eigenvalue weighted by molar-refractivity contribution is 5.94. The molecule has 1 atom stereocenters. The van der Waals surface area contributed by atoms with E-state index in [1.54, 1.807) is 19.1 Å². The van der Waals surface area contributed by atoms with Crippen LogP contribution in [0.2, 0.25) is 0 Å².